The number of hydrogen-bond donors (Lipinski definition) is 2. The predicted octanol–water partition coefficient (Wildman–Crippen LogP) is 2.81. The number of piperazine rings is 1. The van der Waals surface area contributed by atoms with Crippen molar-refractivity contribution in [3.05, 3.63) is 60.3 Å². The molecule has 1 fully saturated rings. The molecule has 1 saturated heterocycles. The van der Waals surface area contributed by atoms with Crippen LogP contribution in [-0.2, 0) is 0 Å². The van der Waals surface area contributed by atoms with Crippen LogP contribution >= 0.6 is 0 Å². The van der Waals surface area contributed by atoms with Gasteiger partial charge in [-0.15, -0.1) is 0 Å². The summed E-state index contributed by atoms with van der Waals surface area (Å²) < 4.78 is 0. The standard InChI is InChI=1S/C26H32N6O2/c1-30(2)12-3-13-31-14-16-32(17-15-31)26(34)21-6-4-19(5-7-21)23-18-28-25(27)24(29-23)20-8-10-22(33)11-9-20/h4-11,18,33H,3,12-17H2,1-2H3,(H2,27,28). The Balaban J connectivity index is 1.40. The molecule has 1 aromatic heterocycles. The van der Waals surface area contributed by atoms with Gasteiger partial charge in [-0.25, -0.2) is 9.97 Å². The fraction of sp³-hybridized carbons (Fsp3) is 0.346. The van der Waals surface area contributed by atoms with Gasteiger partial charge in [0.05, 0.1) is 11.9 Å². The summed E-state index contributed by atoms with van der Waals surface area (Å²) in [5, 5.41) is 9.53. The van der Waals surface area contributed by atoms with Gasteiger partial charge < -0.3 is 20.6 Å². The molecule has 3 N–H and O–H groups in total. The van der Waals surface area contributed by atoms with Crippen LogP contribution in [0.4, 0.5) is 5.82 Å². The Morgan fingerprint density at radius 3 is 2.29 bits per heavy atom. The van der Waals surface area contributed by atoms with E-state index in [0.29, 0.717) is 22.8 Å². The summed E-state index contributed by atoms with van der Waals surface area (Å²) in [6, 6.07) is 14.2. The van der Waals surface area contributed by atoms with Crippen molar-refractivity contribution in [1.29, 1.82) is 0 Å². The number of carbonyl (C=O) groups is 1. The van der Waals surface area contributed by atoms with E-state index in [1.165, 1.54) is 0 Å². The maximum absolute atomic E-state index is 13.0. The number of phenolic OH excluding ortho intramolecular Hbond substituents is 1. The van der Waals surface area contributed by atoms with E-state index in [1.54, 1.807) is 30.5 Å². The Labute approximate surface area is 200 Å². The van der Waals surface area contributed by atoms with E-state index >= 15 is 0 Å². The van der Waals surface area contributed by atoms with Crippen LogP contribution < -0.4 is 5.73 Å². The molecule has 0 spiro atoms. The first-order valence-electron chi connectivity index (χ1n) is 11.6. The number of aromatic hydroxyl groups is 1. The fourth-order valence-corrected chi connectivity index (χ4v) is 4.12. The number of amides is 1. The highest BCUT2D eigenvalue weighted by Crippen LogP contribution is 2.27. The second-order valence-electron chi connectivity index (χ2n) is 8.90. The van der Waals surface area contributed by atoms with Gasteiger partial charge in [0.25, 0.3) is 5.91 Å². The molecular formula is C26H32N6O2. The van der Waals surface area contributed by atoms with Gasteiger partial charge >= 0.3 is 0 Å². The Kier molecular flexibility index (Phi) is 7.40. The van der Waals surface area contributed by atoms with Gasteiger partial charge in [-0.2, -0.15) is 0 Å². The number of nitrogens with two attached hydrogens (primary N) is 1. The Morgan fingerprint density at radius 2 is 1.65 bits per heavy atom. The lowest BCUT2D eigenvalue weighted by Crippen LogP contribution is -2.49. The lowest BCUT2D eigenvalue weighted by Gasteiger charge is -2.35. The molecule has 2 heterocycles. The maximum atomic E-state index is 13.0. The Morgan fingerprint density at radius 1 is 1.00 bits per heavy atom. The summed E-state index contributed by atoms with van der Waals surface area (Å²) in [5.41, 5.74) is 9.57. The highest BCUT2D eigenvalue weighted by Gasteiger charge is 2.22. The molecule has 3 aromatic rings. The zero-order valence-corrected chi connectivity index (χ0v) is 19.8. The van der Waals surface area contributed by atoms with E-state index in [2.05, 4.69) is 33.9 Å². The third-order valence-electron chi connectivity index (χ3n) is 6.11. The van der Waals surface area contributed by atoms with E-state index < -0.39 is 0 Å². The molecule has 2 aromatic carbocycles. The predicted molar refractivity (Wildman–Crippen MR) is 134 cm³/mol. The highest BCUT2D eigenvalue weighted by molar-refractivity contribution is 5.94. The molecule has 0 unspecified atom stereocenters. The quantitative estimate of drug-likeness (QED) is 0.559. The molecule has 0 aliphatic carbocycles. The van der Waals surface area contributed by atoms with Crippen molar-refractivity contribution in [3.8, 4) is 28.3 Å². The molecule has 1 amide bonds. The summed E-state index contributed by atoms with van der Waals surface area (Å²) in [5.74, 6) is 0.562. The summed E-state index contributed by atoms with van der Waals surface area (Å²) in [7, 11) is 4.19. The molecule has 0 saturated carbocycles. The zero-order chi connectivity index (χ0) is 24.1. The Bertz CT molecular complexity index is 1110. The van der Waals surface area contributed by atoms with Crippen molar-refractivity contribution in [1.82, 2.24) is 24.7 Å². The van der Waals surface area contributed by atoms with Crippen LogP contribution in [0.1, 0.15) is 16.8 Å². The van der Waals surface area contributed by atoms with Crippen molar-refractivity contribution < 1.29 is 9.90 Å². The molecule has 8 heteroatoms. The van der Waals surface area contributed by atoms with Gasteiger partial charge in [0.2, 0.25) is 0 Å². The molecule has 1 aliphatic rings. The minimum Gasteiger partial charge on any atom is -0.508 e. The average molecular weight is 461 g/mol. The van der Waals surface area contributed by atoms with Gasteiger partial charge in [-0.05, 0) is 70.0 Å². The van der Waals surface area contributed by atoms with Crippen molar-refractivity contribution >= 4 is 11.7 Å². The summed E-state index contributed by atoms with van der Waals surface area (Å²) in [6.07, 6.45) is 2.77. The van der Waals surface area contributed by atoms with Gasteiger partial charge in [0, 0.05) is 42.9 Å². The van der Waals surface area contributed by atoms with E-state index in [9.17, 15) is 9.90 Å². The third-order valence-corrected chi connectivity index (χ3v) is 6.11. The molecule has 4 rings (SSSR count). The minimum absolute atomic E-state index is 0.0627. The molecule has 1 aliphatic heterocycles. The normalized spacial score (nSPS) is 14.5. The van der Waals surface area contributed by atoms with Gasteiger partial charge in [0.1, 0.15) is 17.3 Å². The molecule has 0 bridgehead atoms. The number of aromatic nitrogens is 2. The fourth-order valence-electron chi connectivity index (χ4n) is 4.12. The van der Waals surface area contributed by atoms with Crippen molar-refractivity contribution in [2.24, 2.45) is 0 Å². The smallest absolute Gasteiger partial charge is 0.253 e. The topological polar surface area (TPSA) is 98.8 Å². The highest BCUT2D eigenvalue weighted by atomic mass is 16.3. The minimum atomic E-state index is 0.0627. The first-order valence-corrected chi connectivity index (χ1v) is 11.6. The first kappa shape index (κ1) is 23.7. The summed E-state index contributed by atoms with van der Waals surface area (Å²) in [6.45, 7) is 5.49. The maximum Gasteiger partial charge on any atom is 0.253 e. The van der Waals surface area contributed by atoms with Crippen LogP contribution in [0.3, 0.4) is 0 Å². The van der Waals surface area contributed by atoms with Crippen LogP contribution in [0.2, 0.25) is 0 Å². The summed E-state index contributed by atoms with van der Waals surface area (Å²) in [4.78, 5) is 28.5. The molecular weight excluding hydrogens is 428 g/mol. The molecule has 34 heavy (non-hydrogen) atoms. The largest absolute Gasteiger partial charge is 0.508 e. The first-order chi connectivity index (χ1) is 16.4. The second kappa shape index (κ2) is 10.6. The summed E-state index contributed by atoms with van der Waals surface area (Å²) >= 11 is 0. The number of rotatable bonds is 7. The SMILES string of the molecule is CN(C)CCCN1CCN(C(=O)c2ccc(-c3cnc(N)c(-c4ccc(O)cc4)n3)cc2)CC1. The van der Waals surface area contributed by atoms with E-state index in [4.69, 9.17) is 5.73 Å². The lowest BCUT2D eigenvalue weighted by molar-refractivity contribution is 0.0634. The number of anilines is 1. The number of phenols is 1. The molecule has 0 atom stereocenters. The van der Waals surface area contributed by atoms with Crippen LogP contribution in [0.5, 0.6) is 5.75 Å². The van der Waals surface area contributed by atoms with Crippen molar-refractivity contribution in [3.63, 3.8) is 0 Å². The van der Waals surface area contributed by atoms with Crippen LogP contribution in [0.15, 0.2) is 54.7 Å². The average Bonchev–Trinajstić information content (AvgIpc) is 2.85. The van der Waals surface area contributed by atoms with E-state index in [1.807, 2.05) is 29.2 Å². The van der Waals surface area contributed by atoms with Gasteiger partial charge in [-0.3, -0.25) is 9.69 Å². The molecule has 178 valence electrons. The number of carbonyl (C=O) groups excluding carboxylic acids is 1. The van der Waals surface area contributed by atoms with Gasteiger partial charge in [-0.1, -0.05) is 12.1 Å². The number of benzene rings is 2. The number of hydrogen-bond acceptors (Lipinski definition) is 7. The Hall–Kier alpha value is -3.49. The van der Waals surface area contributed by atoms with E-state index in [0.717, 1.165) is 56.8 Å². The lowest BCUT2D eigenvalue weighted by atomic mass is 10.1. The molecule has 8 nitrogen and oxygen atoms in total. The van der Waals surface area contributed by atoms with Crippen molar-refractivity contribution in [2.75, 3.05) is 59.1 Å². The van der Waals surface area contributed by atoms with Gasteiger partial charge in [0.15, 0.2) is 0 Å². The van der Waals surface area contributed by atoms with Crippen LogP contribution in [0, 0.1) is 0 Å². The van der Waals surface area contributed by atoms with Crippen LogP contribution in [0.25, 0.3) is 22.5 Å². The van der Waals surface area contributed by atoms with Crippen molar-refractivity contribution in [2.45, 2.75) is 6.42 Å². The van der Waals surface area contributed by atoms with Crippen LogP contribution in [-0.4, -0.2) is 89.0 Å². The zero-order valence-electron chi connectivity index (χ0n) is 19.8. The number of nitrogens with zero attached hydrogens (tertiary/aromatic N) is 5. The third kappa shape index (κ3) is 5.70. The van der Waals surface area contributed by atoms with E-state index in [-0.39, 0.29) is 11.7 Å². The second-order valence-corrected chi connectivity index (χ2v) is 8.90. The molecule has 0 radical (unpaired) electrons. The monoisotopic (exact) mass is 460 g/mol. The number of nitrogen functional groups attached to an aromatic ring is 1.